The number of guanidine groups is 2. The monoisotopic (exact) mass is 324 g/mol. The maximum Gasteiger partial charge on any atom is 0.238 e. The maximum absolute atomic E-state index is 11.2. The Balaban J connectivity index is 3.38. The fourth-order valence-electron chi connectivity index (χ4n) is 1.09. The summed E-state index contributed by atoms with van der Waals surface area (Å²) >= 11 is 11.7. The van der Waals surface area contributed by atoms with Crippen molar-refractivity contribution in [2.45, 2.75) is 4.90 Å². The van der Waals surface area contributed by atoms with E-state index in [9.17, 15) is 8.42 Å². The molecule has 104 valence electrons. The van der Waals surface area contributed by atoms with Crippen molar-refractivity contribution >= 4 is 50.8 Å². The summed E-state index contributed by atoms with van der Waals surface area (Å²) in [6.07, 6.45) is 0. The molecule has 1 aromatic carbocycles. The molecule has 0 bridgehead atoms. The summed E-state index contributed by atoms with van der Waals surface area (Å²) in [6.45, 7) is 0. The zero-order valence-electron chi connectivity index (χ0n) is 9.34. The van der Waals surface area contributed by atoms with Crippen LogP contribution in [0, 0.1) is 0 Å². The van der Waals surface area contributed by atoms with Crippen molar-refractivity contribution in [2.75, 3.05) is 0 Å². The number of aliphatic imine (C=N–C) groups is 2. The molecule has 0 saturated carbocycles. The molecule has 0 aliphatic heterocycles. The van der Waals surface area contributed by atoms with Crippen molar-refractivity contribution in [3.05, 3.63) is 22.2 Å². The first-order valence-electron chi connectivity index (χ1n) is 4.57. The molecular weight excluding hydrogens is 315 g/mol. The van der Waals surface area contributed by atoms with Gasteiger partial charge in [-0.25, -0.2) is 18.5 Å². The van der Waals surface area contributed by atoms with Gasteiger partial charge in [0, 0.05) is 0 Å². The van der Waals surface area contributed by atoms with Crippen LogP contribution in [0.2, 0.25) is 10.0 Å². The average molecular weight is 325 g/mol. The molecule has 8 N–H and O–H groups in total. The van der Waals surface area contributed by atoms with E-state index in [0.29, 0.717) is 0 Å². The largest absolute Gasteiger partial charge is 0.370 e. The van der Waals surface area contributed by atoms with Gasteiger partial charge < -0.3 is 17.2 Å². The zero-order chi connectivity index (χ0) is 14.8. The smallest absolute Gasteiger partial charge is 0.238 e. The van der Waals surface area contributed by atoms with Crippen molar-refractivity contribution in [2.24, 2.45) is 32.3 Å². The molecule has 0 unspecified atom stereocenters. The highest BCUT2D eigenvalue weighted by Gasteiger charge is 2.14. The second kappa shape index (κ2) is 5.61. The van der Waals surface area contributed by atoms with E-state index in [-0.39, 0.29) is 32.5 Å². The molecule has 19 heavy (non-hydrogen) atoms. The second-order valence-corrected chi connectivity index (χ2v) is 5.66. The van der Waals surface area contributed by atoms with E-state index in [1.807, 2.05) is 0 Å². The van der Waals surface area contributed by atoms with Crippen LogP contribution in [-0.4, -0.2) is 20.3 Å². The molecule has 0 saturated heterocycles. The average Bonchev–Trinajstić information content (AvgIpc) is 2.20. The molecule has 0 atom stereocenters. The number of halogens is 2. The van der Waals surface area contributed by atoms with Gasteiger partial charge in [-0.1, -0.05) is 23.2 Å². The number of nitrogens with zero attached hydrogens (tertiary/aromatic N) is 2. The van der Waals surface area contributed by atoms with Crippen molar-refractivity contribution in [3.63, 3.8) is 0 Å². The van der Waals surface area contributed by atoms with Crippen LogP contribution in [0.5, 0.6) is 0 Å². The molecule has 0 aromatic heterocycles. The fourth-order valence-corrected chi connectivity index (χ4v) is 2.35. The van der Waals surface area contributed by atoms with E-state index in [4.69, 9.17) is 45.5 Å². The van der Waals surface area contributed by atoms with Crippen LogP contribution in [0.4, 0.5) is 5.69 Å². The second-order valence-electron chi connectivity index (χ2n) is 3.29. The molecule has 0 amide bonds. The minimum absolute atomic E-state index is 0.0261. The lowest BCUT2D eigenvalue weighted by Gasteiger charge is -2.05. The Labute approximate surface area is 119 Å². The zero-order valence-corrected chi connectivity index (χ0v) is 11.7. The predicted molar refractivity (Wildman–Crippen MR) is 74.9 cm³/mol. The summed E-state index contributed by atoms with van der Waals surface area (Å²) in [6, 6.07) is 2.18. The van der Waals surface area contributed by atoms with Crippen molar-refractivity contribution < 1.29 is 8.42 Å². The fraction of sp³-hybridized carbons (Fsp3) is 0. The number of rotatable bonds is 2. The van der Waals surface area contributed by atoms with E-state index in [1.54, 1.807) is 0 Å². The van der Waals surface area contributed by atoms with Gasteiger partial charge in [-0.3, -0.25) is 0 Å². The number of primary sulfonamides is 1. The van der Waals surface area contributed by atoms with Crippen LogP contribution in [0.15, 0.2) is 27.0 Å². The van der Waals surface area contributed by atoms with Crippen LogP contribution in [-0.2, 0) is 10.0 Å². The molecule has 11 heteroatoms. The highest BCUT2D eigenvalue weighted by molar-refractivity contribution is 7.89. The van der Waals surface area contributed by atoms with Crippen molar-refractivity contribution in [1.82, 2.24) is 0 Å². The standard InChI is InChI=1S/C8H10Cl2N6O2S/c9-4-1-3(19(14,17)18)2-5(10)6(4)15-8(13)16-7(11)12/h1-2H,(H2,14,17,18)(H6,11,12,13,15,16). The maximum atomic E-state index is 11.2. The highest BCUT2D eigenvalue weighted by Crippen LogP contribution is 2.35. The number of hydrogen-bond donors (Lipinski definition) is 4. The van der Waals surface area contributed by atoms with Gasteiger partial charge in [0.05, 0.1) is 14.9 Å². The predicted octanol–water partition coefficient (Wildman–Crippen LogP) is -0.140. The van der Waals surface area contributed by atoms with Gasteiger partial charge in [0.15, 0.2) is 5.96 Å². The molecule has 0 radical (unpaired) electrons. The van der Waals surface area contributed by atoms with Gasteiger partial charge in [-0.2, -0.15) is 4.99 Å². The van der Waals surface area contributed by atoms with E-state index in [1.165, 1.54) is 0 Å². The Morgan fingerprint density at radius 2 is 1.58 bits per heavy atom. The van der Waals surface area contributed by atoms with Gasteiger partial charge in [0.25, 0.3) is 0 Å². The summed E-state index contributed by atoms with van der Waals surface area (Å²) in [7, 11) is -3.93. The third-order valence-corrected chi connectivity index (χ3v) is 3.26. The number of benzene rings is 1. The Morgan fingerprint density at radius 3 is 1.95 bits per heavy atom. The molecule has 8 nitrogen and oxygen atoms in total. The lowest BCUT2D eigenvalue weighted by Crippen LogP contribution is -2.26. The Morgan fingerprint density at radius 1 is 1.11 bits per heavy atom. The van der Waals surface area contributed by atoms with E-state index in [2.05, 4.69) is 9.98 Å². The van der Waals surface area contributed by atoms with Crippen molar-refractivity contribution in [1.29, 1.82) is 0 Å². The molecular formula is C8H10Cl2N6O2S. The van der Waals surface area contributed by atoms with Crippen LogP contribution in [0.25, 0.3) is 0 Å². The summed E-state index contributed by atoms with van der Waals surface area (Å²) < 4.78 is 22.3. The van der Waals surface area contributed by atoms with E-state index in [0.717, 1.165) is 12.1 Å². The van der Waals surface area contributed by atoms with Gasteiger partial charge in [0.2, 0.25) is 16.0 Å². The topological polar surface area (TPSA) is 163 Å². The summed E-state index contributed by atoms with van der Waals surface area (Å²) in [5.41, 5.74) is 15.7. The first kappa shape index (κ1) is 15.5. The lowest BCUT2D eigenvalue weighted by molar-refractivity contribution is 0.598. The van der Waals surface area contributed by atoms with Crippen LogP contribution in [0.1, 0.15) is 0 Å². The number of nitrogens with two attached hydrogens (primary N) is 4. The Hall–Kier alpha value is -1.55. The highest BCUT2D eigenvalue weighted by atomic mass is 35.5. The first-order chi connectivity index (χ1) is 8.61. The Kier molecular flexibility index (Phi) is 4.58. The van der Waals surface area contributed by atoms with Gasteiger partial charge in [-0.15, -0.1) is 0 Å². The normalized spacial score (nSPS) is 12.3. The third-order valence-electron chi connectivity index (χ3n) is 1.79. The molecule has 0 fully saturated rings. The van der Waals surface area contributed by atoms with Crippen LogP contribution in [0.3, 0.4) is 0 Å². The number of hydrogen-bond acceptors (Lipinski definition) is 3. The molecule has 0 heterocycles. The molecule has 0 aliphatic rings. The minimum Gasteiger partial charge on any atom is -0.370 e. The summed E-state index contributed by atoms with van der Waals surface area (Å²) in [4.78, 5) is 6.99. The van der Waals surface area contributed by atoms with Crippen LogP contribution < -0.4 is 22.3 Å². The van der Waals surface area contributed by atoms with E-state index < -0.39 is 10.0 Å². The molecule has 1 rings (SSSR count). The molecule has 0 spiro atoms. The summed E-state index contributed by atoms with van der Waals surface area (Å²) in [5, 5.41) is 4.82. The lowest BCUT2D eigenvalue weighted by atomic mass is 10.3. The quantitative estimate of drug-likeness (QED) is 0.438. The SMILES string of the molecule is NC(N)=NC(N)=Nc1c(Cl)cc(S(N)(=O)=O)cc1Cl. The van der Waals surface area contributed by atoms with Crippen LogP contribution >= 0.6 is 23.2 Å². The Bertz CT molecular complexity index is 643. The minimum atomic E-state index is -3.93. The molecule has 1 aromatic rings. The third kappa shape index (κ3) is 4.24. The van der Waals surface area contributed by atoms with Gasteiger partial charge in [-0.05, 0) is 12.1 Å². The summed E-state index contributed by atoms with van der Waals surface area (Å²) in [5.74, 6) is -0.582. The first-order valence-corrected chi connectivity index (χ1v) is 6.87. The van der Waals surface area contributed by atoms with Gasteiger partial charge >= 0.3 is 0 Å². The van der Waals surface area contributed by atoms with Crippen molar-refractivity contribution in [3.8, 4) is 0 Å². The molecule has 0 aliphatic carbocycles. The number of sulfonamides is 1. The van der Waals surface area contributed by atoms with E-state index >= 15 is 0 Å². The van der Waals surface area contributed by atoms with Gasteiger partial charge in [0.1, 0.15) is 5.69 Å².